The van der Waals surface area contributed by atoms with Gasteiger partial charge >= 0.3 is 0 Å². The van der Waals surface area contributed by atoms with E-state index in [9.17, 15) is 9.59 Å². The second-order valence-corrected chi connectivity index (χ2v) is 14.0. The first-order chi connectivity index (χ1) is 15.9. The molecule has 1 saturated heterocycles. The van der Waals surface area contributed by atoms with Crippen molar-refractivity contribution >= 4 is 20.5 Å². The van der Waals surface area contributed by atoms with Crippen molar-refractivity contribution in [3.05, 3.63) is 107 Å². The molecule has 1 fully saturated rings. The zero-order valence-electron chi connectivity index (χ0n) is 19.5. The number of aldehydes is 1. The summed E-state index contributed by atoms with van der Waals surface area (Å²) in [6.45, 7) is 7.20. The number of carbonyl (C=O) groups is 2. The molecule has 1 heterocycles. The summed E-state index contributed by atoms with van der Waals surface area (Å²) >= 11 is 0. The molecule has 0 N–H and O–H groups in total. The number of nitrogens with zero attached hydrogens (tertiary/aromatic N) is 1. The van der Waals surface area contributed by atoms with Crippen LogP contribution < -0.4 is 0 Å². The van der Waals surface area contributed by atoms with E-state index in [0.717, 1.165) is 30.3 Å². The Morgan fingerprint density at radius 3 is 2.00 bits per heavy atom. The molecule has 0 radical (unpaired) electrons. The molecule has 3 aromatic rings. The molecule has 1 aliphatic heterocycles. The quantitative estimate of drug-likeness (QED) is 0.328. The number of benzene rings is 3. The number of rotatable bonds is 7. The lowest BCUT2D eigenvalue weighted by Crippen LogP contribution is -2.55. The molecule has 3 aromatic carbocycles. The zero-order chi connectivity index (χ0) is 23.5. The van der Waals surface area contributed by atoms with Crippen LogP contribution in [0.1, 0.15) is 44.7 Å². The van der Waals surface area contributed by atoms with Gasteiger partial charge in [-0.25, -0.2) is 0 Å². The summed E-state index contributed by atoms with van der Waals surface area (Å²) in [4.78, 5) is 27.4. The van der Waals surface area contributed by atoms with Crippen molar-refractivity contribution in [3.8, 4) is 0 Å². The second kappa shape index (κ2) is 9.46. The Morgan fingerprint density at radius 1 is 0.909 bits per heavy atom. The smallest absolute Gasteiger partial charge is 0.254 e. The summed E-state index contributed by atoms with van der Waals surface area (Å²) in [7, 11) is -2.08. The third kappa shape index (κ3) is 4.56. The van der Waals surface area contributed by atoms with E-state index >= 15 is 0 Å². The van der Waals surface area contributed by atoms with Crippen LogP contribution >= 0.6 is 0 Å². The normalized spacial score (nSPS) is 16.6. The molecule has 0 spiro atoms. The van der Waals surface area contributed by atoms with Gasteiger partial charge in [-0.2, -0.15) is 0 Å². The van der Waals surface area contributed by atoms with E-state index in [1.807, 2.05) is 47.4 Å². The fourth-order valence-corrected chi connectivity index (χ4v) is 6.31. The molecule has 4 nitrogen and oxygen atoms in total. The minimum Gasteiger partial charge on any atom is -0.402 e. The van der Waals surface area contributed by atoms with Gasteiger partial charge in [-0.15, -0.1) is 0 Å². The second-order valence-electron chi connectivity index (χ2n) is 9.54. The van der Waals surface area contributed by atoms with Crippen LogP contribution in [0.25, 0.3) is 0 Å². The van der Waals surface area contributed by atoms with Gasteiger partial charge in [-0.3, -0.25) is 9.59 Å². The summed E-state index contributed by atoms with van der Waals surface area (Å²) in [5.41, 5.74) is 2.17. The standard InChI is InChI=1S/C28H31NO3Si/c1-33(2,3)32-28(23-14-6-4-7-15-23,24-16-8-5-9-17-24)26-19-12-20-29(26)27(31)25-18-11-10-13-22(25)21-30/h4-11,13-18,21,26H,12,19-20H2,1-3H3/t26-/m0/s1. The van der Waals surface area contributed by atoms with Crippen molar-refractivity contribution in [1.82, 2.24) is 4.90 Å². The Morgan fingerprint density at radius 2 is 1.45 bits per heavy atom. The molecule has 5 heteroatoms. The molecule has 0 aromatic heterocycles. The number of likely N-dealkylation sites (tertiary alicyclic amines) is 1. The Balaban J connectivity index is 1.91. The van der Waals surface area contributed by atoms with Gasteiger partial charge in [0.15, 0.2) is 14.6 Å². The Bertz CT molecular complexity index is 1070. The van der Waals surface area contributed by atoms with Crippen molar-refractivity contribution in [2.75, 3.05) is 6.54 Å². The minimum absolute atomic E-state index is 0.115. The molecule has 0 saturated carbocycles. The van der Waals surface area contributed by atoms with Gasteiger partial charge in [0, 0.05) is 12.1 Å². The van der Waals surface area contributed by atoms with Crippen LogP contribution in [0, 0.1) is 0 Å². The minimum atomic E-state index is -2.08. The van der Waals surface area contributed by atoms with Gasteiger partial charge in [0.1, 0.15) is 5.60 Å². The van der Waals surface area contributed by atoms with Crippen molar-refractivity contribution in [3.63, 3.8) is 0 Å². The average Bonchev–Trinajstić information content (AvgIpc) is 3.33. The molecule has 1 aliphatic rings. The topological polar surface area (TPSA) is 46.6 Å². The van der Waals surface area contributed by atoms with Gasteiger partial charge in [0.2, 0.25) is 0 Å². The molecule has 0 bridgehead atoms. The van der Waals surface area contributed by atoms with Crippen LogP contribution in [0.4, 0.5) is 0 Å². The molecule has 0 aliphatic carbocycles. The zero-order valence-corrected chi connectivity index (χ0v) is 20.5. The Hall–Kier alpha value is -3.02. The van der Waals surface area contributed by atoms with Crippen molar-refractivity contribution in [1.29, 1.82) is 0 Å². The summed E-state index contributed by atoms with van der Waals surface area (Å²) in [5.74, 6) is -0.115. The lowest BCUT2D eigenvalue weighted by Gasteiger charge is -2.47. The van der Waals surface area contributed by atoms with Crippen molar-refractivity contribution < 1.29 is 14.0 Å². The lowest BCUT2D eigenvalue weighted by molar-refractivity contribution is 0.0125. The third-order valence-corrected chi connectivity index (χ3v) is 7.11. The highest BCUT2D eigenvalue weighted by molar-refractivity contribution is 6.69. The van der Waals surface area contributed by atoms with Crippen LogP contribution in [0.15, 0.2) is 84.9 Å². The fourth-order valence-electron chi connectivity index (χ4n) is 4.97. The first-order valence-corrected chi connectivity index (χ1v) is 14.9. The first kappa shape index (κ1) is 23.1. The van der Waals surface area contributed by atoms with Gasteiger partial charge in [-0.05, 0) is 49.7 Å². The Labute approximate surface area is 197 Å². The molecule has 1 atom stereocenters. The van der Waals surface area contributed by atoms with Crippen LogP contribution in [-0.2, 0) is 10.0 Å². The molecule has 0 unspecified atom stereocenters. The van der Waals surface area contributed by atoms with E-state index in [1.54, 1.807) is 18.2 Å². The van der Waals surface area contributed by atoms with E-state index < -0.39 is 13.9 Å². The van der Waals surface area contributed by atoms with Crippen LogP contribution in [0.2, 0.25) is 19.6 Å². The van der Waals surface area contributed by atoms with Crippen molar-refractivity contribution in [2.24, 2.45) is 0 Å². The van der Waals surface area contributed by atoms with Crippen LogP contribution in [0.5, 0.6) is 0 Å². The van der Waals surface area contributed by atoms with E-state index in [-0.39, 0.29) is 11.9 Å². The molecule has 170 valence electrons. The third-order valence-electron chi connectivity index (χ3n) is 6.17. The summed E-state index contributed by atoms with van der Waals surface area (Å²) in [6, 6.07) is 27.4. The summed E-state index contributed by atoms with van der Waals surface area (Å²) in [5, 5.41) is 0. The first-order valence-electron chi connectivity index (χ1n) is 11.5. The van der Waals surface area contributed by atoms with Crippen molar-refractivity contribution in [2.45, 2.75) is 44.1 Å². The van der Waals surface area contributed by atoms with Crippen LogP contribution in [0.3, 0.4) is 0 Å². The van der Waals surface area contributed by atoms with Gasteiger partial charge < -0.3 is 9.33 Å². The van der Waals surface area contributed by atoms with E-state index in [2.05, 4.69) is 43.9 Å². The number of hydrogen-bond acceptors (Lipinski definition) is 3. The molecule has 33 heavy (non-hydrogen) atoms. The molecular weight excluding hydrogens is 426 g/mol. The van der Waals surface area contributed by atoms with Gasteiger partial charge in [-0.1, -0.05) is 78.9 Å². The monoisotopic (exact) mass is 457 g/mol. The fraction of sp³-hybridized carbons (Fsp3) is 0.286. The average molecular weight is 458 g/mol. The summed E-state index contributed by atoms with van der Waals surface area (Å²) < 4.78 is 7.13. The largest absolute Gasteiger partial charge is 0.402 e. The highest BCUT2D eigenvalue weighted by Crippen LogP contribution is 2.45. The van der Waals surface area contributed by atoms with E-state index in [0.29, 0.717) is 17.7 Å². The van der Waals surface area contributed by atoms with E-state index in [4.69, 9.17) is 4.43 Å². The SMILES string of the molecule is C[Si](C)(C)OC(c1ccccc1)(c1ccccc1)[C@@H]1CCCN1C(=O)c1ccccc1C=O. The van der Waals surface area contributed by atoms with Crippen LogP contribution in [-0.4, -0.2) is 38.0 Å². The number of hydrogen-bond donors (Lipinski definition) is 0. The predicted octanol–water partition coefficient (Wildman–Crippen LogP) is 5.90. The maximum absolute atomic E-state index is 13.8. The van der Waals surface area contributed by atoms with Gasteiger partial charge in [0.25, 0.3) is 5.91 Å². The Kier molecular flexibility index (Phi) is 6.63. The molecule has 4 rings (SSSR count). The van der Waals surface area contributed by atoms with Gasteiger partial charge in [0.05, 0.1) is 11.6 Å². The lowest BCUT2D eigenvalue weighted by atomic mass is 9.79. The van der Waals surface area contributed by atoms with E-state index in [1.165, 1.54) is 0 Å². The molecule has 1 amide bonds. The highest BCUT2D eigenvalue weighted by Gasteiger charge is 2.51. The number of amides is 1. The number of carbonyl (C=O) groups excluding carboxylic acids is 2. The highest BCUT2D eigenvalue weighted by atomic mass is 28.4. The molecular formula is C28H31NO3Si. The maximum atomic E-state index is 13.8. The summed E-state index contributed by atoms with van der Waals surface area (Å²) in [6.07, 6.45) is 2.47. The predicted molar refractivity (Wildman–Crippen MR) is 134 cm³/mol. The maximum Gasteiger partial charge on any atom is 0.254 e.